The first-order chi connectivity index (χ1) is 11.8. The van der Waals surface area contributed by atoms with Crippen LogP contribution in [0, 0.1) is 27.2 Å². The number of aliphatic imine (C=N–C) groups is 1. The highest BCUT2D eigenvalue weighted by atomic mass is 16.6. The molecule has 0 spiro atoms. The van der Waals surface area contributed by atoms with E-state index in [1.807, 2.05) is 19.1 Å². The number of nitro groups is 2. The number of aromatic hydroxyl groups is 1. The van der Waals surface area contributed by atoms with E-state index in [9.17, 15) is 30.1 Å². The number of aryl methyl sites for hydroxylation is 1. The van der Waals surface area contributed by atoms with Crippen molar-refractivity contribution in [1.82, 2.24) is 0 Å². The molecule has 0 bridgehead atoms. The second-order valence-electron chi connectivity index (χ2n) is 5.18. The molecule has 1 N–H and O–H groups in total. The predicted octanol–water partition coefficient (Wildman–Crippen LogP) is 2.82. The lowest BCUT2D eigenvalue weighted by molar-refractivity contribution is -0.394. The van der Waals surface area contributed by atoms with E-state index in [1.54, 1.807) is 12.1 Å². The summed E-state index contributed by atoms with van der Waals surface area (Å²) < 4.78 is 0. The van der Waals surface area contributed by atoms with Crippen LogP contribution in [-0.4, -0.2) is 33.5 Å². The molecule has 0 saturated carbocycles. The van der Waals surface area contributed by atoms with Crippen LogP contribution in [0.5, 0.6) is 5.75 Å². The molecule has 0 aliphatic heterocycles. The van der Waals surface area contributed by atoms with Gasteiger partial charge in [0.1, 0.15) is 6.54 Å². The van der Waals surface area contributed by atoms with Crippen LogP contribution in [0.4, 0.5) is 11.4 Å². The van der Waals surface area contributed by atoms with Gasteiger partial charge in [-0.2, -0.15) is 0 Å². The normalized spacial score (nSPS) is 10.8. The lowest BCUT2D eigenvalue weighted by atomic mass is 10.1. The van der Waals surface area contributed by atoms with Gasteiger partial charge in [-0.05, 0) is 12.5 Å². The van der Waals surface area contributed by atoms with Crippen LogP contribution in [0.3, 0.4) is 0 Å². The van der Waals surface area contributed by atoms with Gasteiger partial charge in [0.2, 0.25) is 5.75 Å². The molecule has 0 atom stereocenters. The minimum Gasteiger partial charge on any atom is -0.502 e. The van der Waals surface area contributed by atoms with Crippen LogP contribution in [0.2, 0.25) is 0 Å². The lowest BCUT2D eigenvalue weighted by Crippen LogP contribution is -2.06. The number of carbonyl (C=O) groups is 1. The van der Waals surface area contributed by atoms with Crippen molar-refractivity contribution in [3.8, 4) is 5.75 Å². The van der Waals surface area contributed by atoms with Gasteiger partial charge in [-0.1, -0.05) is 29.8 Å². The van der Waals surface area contributed by atoms with E-state index in [-0.39, 0.29) is 0 Å². The molecule has 0 fully saturated rings. The van der Waals surface area contributed by atoms with Gasteiger partial charge in [-0.3, -0.25) is 30.0 Å². The number of nitrogens with zero attached hydrogens (tertiary/aromatic N) is 3. The molecule has 128 valence electrons. The van der Waals surface area contributed by atoms with Crippen LogP contribution in [0.25, 0.3) is 0 Å². The van der Waals surface area contributed by atoms with Crippen LogP contribution in [0.15, 0.2) is 41.4 Å². The highest BCUT2D eigenvalue weighted by Crippen LogP contribution is 2.34. The van der Waals surface area contributed by atoms with Gasteiger partial charge in [0.05, 0.1) is 21.5 Å². The van der Waals surface area contributed by atoms with Crippen LogP contribution < -0.4 is 0 Å². The topological polar surface area (TPSA) is 136 Å². The fraction of sp³-hybridized carbons (Fsp3) is 0.125. The Morgan fingerprint density at radius 3 is 2.36 bits per heavy atom. The fourth-order valence-corrected chi connectivity index (χ4v) is 2.03. The number of nitro benzene ring substituents is 2. The van der Waals surface area contributed by atoms with Crippen molar-refractivity contribution >= 4 is 23.4 Å². The number of phenols is 1. The molecule has 0 aromatic heterocycles. The summed E-state index contributed by atoms with van der Waals surface area (Å²) in [5.41, 5.74) is -0.271. The van der Waals surface area contributed by atoms with Gasteiger partial charge in [0, 0.05) is 12.3 Å². The fourth-order valence-electron chi connectivity index (χ4n) is 2.03. The molecule has 25 heavy (non-hydrogen) atoms. The number of hydrogen-bond acceptors (Lipinski definition) is 7. The highest BCUT2D eigenvalue weighted by Gasteiger charge is 2.26. The number of rotatable bonds is 6. The van der Waals surface area contributed by atoms with Gasteiger partial charge in [0.15, 0.2) is 5.78 Å². The molecule has 0 heterocycles. The Morgan fingerprint density at radius 2 is 1.80 bits per heavy atom. The predicted molar refractivity (Wildman–Crippen MR) is 89.4 cm³/mol. The molecule has 9 heteroatoms. The summed E-state index contributed by atoms with van der Waals surface area (Å²) in [6.07, 6.45) is 1.43. The number of phenolic OH excluding ortho intramolecular Hbond substituents is 1. The van der Waals surface area contributed by atoms with Gasteiger partial charge in [-0.25, -0.2) is 0 Å². The Labute approximate surface area is 141 Å². The first-order valence-corrected chi connectivity index (χ1v) is 7.05. The summed E-state index contributed by atoms with van der Waals surface area (Å²) in [6, 6.07) is 8.70. The third-order valence-corrected chi connectivity index (χ3v) is 3.34. The standard InChI is InChI=1S/C16H13N3O6/c1-10-2-4-11(5-3-10)8-17-9-15(20)13-6-12(18(22)23)7-14(16(13)21)19(24)25/h2-8,21H,9H2,1H3. The Bertz CT molecular complexity index is 874. The van der Waals surface area contributed by atoms with E-state index in [0.717, 1.165) is 17.2 Å². The van der Waals surface area contributed by atoms with E-state index in [1.165, 1.54) is 6.21 Å². The van der Waals surface area contributed by atoms with E-state index < -0.39 is 44.9 Å². The summed E-state index contributed by atoms with van der Waals surface area (Å²) in [6.45, 7) is 1.50. The van der Waals surface area contributed by atoms with Crippen molar-refractivity contribution in [2.24, 2.45) is 4.99 Å². The summed E-state index contributed by atoms with van der Waals surface area (Å²) in [4.78, 5) is 35.9. The molecule has 0 aliphatic carbocycles. The van der Waals surface area contributed by atoms with Crippen molar-refractivity contribution in [3.05, 3.63) is 73.3 Å². The van der Waals surface area contributed by atoms with E-state index >= 15 is 0 Å². The maximum absolute atomic E-state index is 12.1. The minimum absolute atomic E-state index is 0.417. The van der Waals surface area contributed by atoms with Crippen LogP contribution in [0.1, 0.15) is 21.5 Å². The molecular formula is C16H13N3O6. The SMILES string of the molecule is Cc1ccc(C=NCC(=O)c2cc([N+](=O)[O-])cc([N+](=O)[O-])c2O)cc1. The summed E-state index contributed by atoms with van der Waals surface area (Å²) in [5, 5.41) is 31.6. The number of carbonyl (C=O) groups excluding carboxylic acids is 1. The Hall–Kier alpha value is -3.62. The first kappa shape index (κ1) is 17.7. The second kappa shape index (κ2) is 7.30. The zero-order valence-corrected chi connectivity index (χ0v) is 13.1. The smallest absolute Gasteiger partial charge is 0.318 e. The Kier molecular flexibility index (Phi) is 5.18. The molecule has 2 rings (SSSR count). The molecule has 9 nitrogen and oxygen atoms in total. The third-order valence-electron chi connectivity index (χ3n) is 3.34. The van der Waals surface area contributed by atoms with Crippen molar-refractivity contribution in [2.75, 3.05) is 6.54 Å². The monoisotopic (exact) mass is 343 g/mol. The molecular weight excluding hydrogens is 330 g/mol. The Morgan fingerprint density at radius 1 is 1.16 bits per heavy atom. The maximum atomic E-state index is 12.1. The zero-order chi connectivity index (χ0) is 18.6. The average molecular weight is 343 g/mol. The molecule has 0 saturated heterocycles. The lowest BCUT2D eigenvalue weighted by Gasteiger charge is -2.03. The van der Waals surface area contributed by atoms with Crippen molar-refractivity contribution in [3.63, 3.8) is 0 Å². The average Bonchev–Trinajstić information content (AvgIpc) is 2.56. The quantitative estimate of drug-likeness (QED) is 0.370. The van der Waals surface area contributed by atoms with Crippen molar-refractivity contribution < 1.29 is 19.7 Å². The van der Waals surface area contributed by atoms with E-state index in [4.69, 9.17) is 0 Å². The number of non-ortho nitro benzene ring substituents is 1. The highest BCUT2D eigenvalue weighted by molar-refractivity contribution is 6.02. The van der Waals surface area contributed by atoms with Gasteiger partial charge in [-0.15, -0.1) is 0 Å². The van der Waals surface area contributed by atoms with Gasteiger partial charge >= 0.3 is 5.69 Å². The molecule has 0 radical (unpaired) electrons. The molecule has 0 unspecified atom stereocenters. The first-order valence-electron chi connectivity index (χ1n) is 7.05. The second-order valence-corrected chi connectivity index (χ2v) is 5.18. The number of hydrogen-bond donors (Lipinski definition) is 1. The molecule has 2 aromatic carbocycles. The van der Waals surface area contributed by atoms with Crippen molar-refractivity contribution in [2.45, 2.75) is 6.92 Å². The largest absolute Gasteiger partial charge is 0.502 e. The summed E-state index contributed by atoms with van der Waals surface area (Å²) in [7, 11) is 0. The molecule has 0 amide bonds. The minimum atomic E-state index is -0.991. The van der Waals surface area contributed by atoms with Crippen LogP contribution in [-0.2, 0) is 0 Å². The summed E-state index contributed by atoms with van der Waals surface area (Å²) >= 11 is 0. The van der Waals surface area contributed by atoms with E-state index in [0.29, 0.717) is 6.07 Å². The van der Waals surface area contributed by atoms with Crippen LogP contribution >= 0.6 is 0 Å². The molecule has 0 aliphatic rings. The molecule has 2 aromatic rings. The van der Waals surface area contributed by atoms with Gasteiger partial charge < -0.3 is 5.11 Å². The maximum Gasteiger partial charge on any atom is 0.318 e. The summed E-state index contributed by atoms with van der Waals surface area (Å²) in [5.74, 6) is -1.68. The Balaban J connectivity index is 2.27. The number of ketones is 1. The zero-order valence-electron chi connectivity index (χ0n) is 13.1. The number of benzene rings is 2. The number of Topliss-reactive ketones (excluding diaryl/α,β-unsaturated/α-hetero) is 1. The van der Waals surface area contributed by atoms with Crippen molar-refractivity contribution in [1.29, 1.82) is 0 Å². The van der Waals surface area contributed by atoms with Gasteiger partial charge in [0.25, 0.3) is 5.69 Å². The third kappa shape index (κ3) is 4.22. The van der Waals surface area contributed by atoms with E-state index in [2.05, 4.69) is 4.99 Å².